The zero-order chi connectivity index (χ0) is 17.3. The van der Waals surface area contributed by atoms with E-state index in [0.29, 0.717) is 0 Å². The van der Waals surface area contributed by atoms with Gasteiger partial charge in [-0.25, -0.2) is 0 Å². The minimum absolute atomic E-state index is 0.0222. The second kappa shape index (κ2) is 6.69. The number of fused-ring (bicyclic) bond motifs is 1. The second-order valence-corrected chi connectivity index (χ2v) is 7.45. The summed E-state index contributed by atoms with van der Waals surface area (Å²) in [6.45, 7) is 5.59. The number of hydrogen-bond donors (Lipinski definition) is 2. The van der Waals surface area contributed by atoms with Gasteiger partial charge >= 0.3 is 0 Å². The number of benzene rings is 1. The number of ether oxygens (including phenoxy) is 1. The van der Waals surface area contributed by atoms with Gasteiger partial charge in [0.05, 0.1) is 12.2 Å². The molecule has 1 aliphatic carbocycles. The van der Waals surface area contributed by atoms with E-state index in [9.17, 15) is 9.90 Å². The molecule has 3 rings (SSSR count). The van der Waals surface area contributed by atoms with Crippen LogP contribution in [0.5, 0.6) is 0 Å². The third kappa shape index (κ3) is 3.40. The van der Waals surface area contributed by atoms with Crippen LogP contribution in [0.4, 0.5) is 0 Å². The van der Waals surface area contributed by atoms with E-state index < -0.39 is 6.10 Å². The van der Waals surface area contributed by atoms with Gasteiger partial charge in [-0.1, -0.05) is 36.4 Å². The number of nitrogens with one attached hydrogen (secondary N) is 1. The smallest absolute Gasteiger partial charge is 0.217 e. The minimum atomic E-state index is -0.601. The van der Waals surface area contributed by atoms with Crippen LogP contribution in [-0.2, 0) is 16.0 Å². The van der Waals surface area contributed by atoms with Crippen LogP contribution in [0, 0.1) is 5.92 Å². The molecule has 5 atom stereocenters. The van der Waals surface area contributed by atoms with Crippen LogP contribution in [0.3, 0.4) is 0 Å². The van der Waals surface area contributed by atoms with Crippen LogP contribution in [0.2, 0.25) is 0 Å². The maximum atomic E-state index is 11.8. The van der Waals surface area contributed by atoms with Gasteiger partial charge in [0, 0.05) is 18.4 Å². The number of amides is 1. The van der Waals surface area contributed by atoms with Crippen molar-refractivity contribution in [1.82, 2.24) is 5.32 Å². The van der Waals surface area contributed by atoms with Gasteiger partial charge in [0.15, 0.2) is 0 Å². The van der Waals surface area contributed by atoms with Crippen LogP contribution >= 0.6 is 0 Å². The fourth-order valence-electron chi connectivity index (χ4n) is 4.28. The van der Waals surface area contributed by atoms with Crippen LogP contribution in [0.15, 0.2) is 42.0 Å². The van der Waals surface area contributed by atoms with Crippen LogP contribution in [0.1, 0.15) is 39.2 Å². The molecule has 4 heteroatoms. The van der Waals surface area contributed by atoms with Crippen molar-refractivity contribution in [1.29, 1.82) is 0 Å². The Labute approximate surface area is 143 Å². The Morgan fingerprint density at radius 3 is 2.75 bits per heavy atom. The first-order valence-electron chi connectivity index (χ1n) is 8.72. The van der Waals surface area contributed by atoms with Gasteiger partial charge in [0.2, 0.25) is 5.91 Å². The highest BCUT2D eigenvalue weighted by molar-refractivity contribution is 5.73. The summed E-state index contributed by atoms with van der Waals surface area (Å²) in [4.78, 5) is 11.8. The van der Waals surface area contributed by atoms with E-state index in [0.717, 1.165) is 24.8 Å². The number of aliphatic hydroxyl groups excluding tert-OH is 1. The maximum Gasteiger partial charge on any atom is 0.217 e. The van der Waals surface area contributed by atoms with Gasteiger partial charge in [-0.05, 0) is 44.2 Å². The Kier molecular flexibility index (Phi) is 4.79. The molecule has 0 unspecified atom stereocenters. The van der Waals surface area contributed by atoms with Crippen LogP contribution in [0.25, 0.3) is 0 Å². The molecule has 1 fully saturated rings. The van der Waals surface area contributed by atoms with E-state index in [4.69, 9.17) is 4.74 Å². The lowest BCUT2D eigenvalue weighted by Gasteiger charge is -2.52. The molecule has 1 aromatic carbocycles. The molecule has 0 spiro atoms. The maximum absolute atomic E-state index is 11.8. The fraction of sp³-hybridized carbons (Fsp3) is 0.550. The SMILES string of the molecule is CC(=O)N[C@]1(C)C[C@@H](Cc2ccccc2)O[C@H]2[C@H](O)C(C)=CC[C@H]21. The van der Waals surface area contributed by atoms with Gasteiger partial charge in [-0.15, -0.1) is 0 Å². The first-order chi connectivity index (χ1) is 11.4. The Bertz CT molecular complexity index is 627. The molecule has 0 saturated carbocycles. The third-order valence-electron chi connectivity index (χ3n) is 5.46. The van der Waals surface area contributed by atoms with Crippen molar-refractivity contribution in [3.8, 4) is 0 Å². The van der Waals surface area contributed by atoms with Crippen molar-refractivity contribution in [2.45, 2.75) is 63.9 Å². The fourth-order valence-corrected chi connectivity index (χ4v) is 4.28. The Morgan fingerprint density at radius 2 is 2.08 bits per heavy atom. The summed E-state index contributed by atoms with van der Waals surface area (Å²) in [6, 6.07) is 10.2. The van der Waals surface area contributed by atoms with E-state index in [2.05, 4.69) is 30.4 Å². The number of hydrogen-bond acceptors (Lipinski definition) is 3. The Hall–Kier alpha value is -1.65. The van der Waals surface area contributed by atoms with Gasteiger partial charge in [-0.3, -0.25) is 4.79 Å². The summed E-state index contributed by atoms with van der Waals surface area (Å²) < 4.78 is 6.31. The lowest BCUT2D eigenvalue weighted by atomic mass is 9.68. The first kappa shape index (κ1) is 17.2. The minimum Gasteiger partial charge on any atom is -0.386 e. The standard InChI is InChI=1S/C20H27NO3/c1-13-9-10-17-19(18(13)23)24-16(11-15-7-5-4-6-8-15)12-20(17,3)21-14(2)22/h4-9,16-19,23H,10-12H2,1-3H3,(H,21,22)/t16-,17-,18-,19-,20-/m1/s1. The molecule has 4 nitrogen and oxygen atoms in total. The van der Waals surface area contributed by atoms with E-state index in [-0.39, 0.29) is 29.6 Å². The third-order valence-corrected chi connectivity index (χ3v) is 5.46. The van der Waals surface area contributed by atoms with Crippen LogP contribution < -0.4 is 5.32 Å². The molecule has 1 heterocycles. The predicted octanol–water partition coefficient (Wildman–Crippen LogP) is 2.61. The zero-order valence-corrected chi connectivity index (χ0v) is 14.7. The van der Waals surface area contributed by atoms with Gasteiger partial charge in [-0.2, -0.15) is 0 Å². The lowest BCUT2D eigenvalue weighted by Crippen LogP contribution is -2.63. The van der Waals surface area contributed by atoms with Crippen molar-refractivity contribution in [3.05, 3.63) is 47.5 Å². The molecule has 0 radical (unpaired) electrons. The van der Waals surface area contributed by atoms with Crippen LogP contribution in [-0.4, -0.2) is 34.9 Å². The zero-order valence-electron chi connectivity index (χ0n) is 14.7. The number of aliphatic hydroxyl groups is 1. The van der Waals surface area contributed by atoms with E-state index >= 15 is 0 Å². The molecule has 2 aliphatic rings. The monoisotopic (exact) mass is 329 g/mol. The summed E-state index contributed by atoms with van der Waals surface area (Å²) in [7, 11) is 0. The summed E-state index contributed by atoms with van der Waals surface area (Å²) >= 11 is 0. The highest BCUT2D eigenvalue weighted by atomic mass is 16.5. The number of carbonyl (C=O) groups excluding carboxylic acids is 1. The van der Waals surface area contributed by atoms with Crippen molar-refractivity contribution in [3.63, 3.8) is 0 Å². The second-order valence-electron chi connectivity index (χ2n) is 7.45. The highest BCUT2D eigenvalue weighted by Crippen LogP contribution is 2.42. The number of carbonyl (C=O) groups is 1. The number of rotatable bonds is 3. The quantitative estimate of drug-likeness (QED) is 0.838. The molecule has 1 amide bonds. The molecule has 1 aliphatic heterocycles. The average molecular weight is 329 g/mol. The van der Waals surface area contributed by atoms with Gasteiger partial charge in [0.1, 0.15) is 6.10 Å². The molecule has 1 saturated heterocycles. The molecule has 2 N–H and O–H groups in total. The van der Waals surface area contributed by atoms with Gasteiger partial charge in [0.25, 0.3) is 0 Å². The Balaban J connectivity index is 1.86. The largest absolute Gasteiger partial charge is 0.386 e. The molecular weight excluding hydrogens is 302 g/mol. The van der Waals surface area contributed by atoms with Crippen molar-refractivity contribution in [2.75, 3.05) is 0 Å². The van der Waals surface area contributed by atoms with Crippen molar-refractivity contribution < 1.29 is 14.6 Å². The lowest BCUT2D eigenvalue weighted by molar-refractivity contribution is -0.162. The molecule has 24 heavy (non-hydrogen) atoms. The summed E-state index contributed by atoms with van der Waals surface area (Å²) in [5.41, 5.74) is 1.80. The van der Waals surface area contributed by atoms with E-state index in [1.807, 2.05) is 25.1 Å². The predicted molar refractivity (Wildman–Crippen MR) is 93.5 cm³/mol. The number of allylic oxidation sites excluding steroid dienone is 1. The summed E-state index contributed by atoms with van der Waals surface area (Å²) in [5.74, 6) is 0.0597. The molecule has 1 aromatic rings. The molecular formula is C20H27NO3. The van der Waals surface area contributed by atoms with E-state index in [1.165, 1.54) is 5.56 Å². The summed E-state index contributed by atoms with van der Waals surface area (Å²) in [5, 5.41) is 13.8. The first-order valence-corrected chi connectivity index (χ1v) is 8.72. The van der Waals surface area contributed by atoms with Crippen molar-refractivity contribution >= 4 is 5.91 Å². The highest BCUT2D eigenvalue weighted by Gasteiger charge is 2.50. The topological polar surface area (TPSA) is 58.6 Å². The molecule has 0 aromatic heterocycles. The normalized spacial score (nSPS) is 35.8. The Morgan fingerprint density at radius 1 is 1.38 bits per heavy atom. The van der Waals surface area contributed by atoms with Crippen molar-refractivity contribution in [2.24, 2.45) is 5.92 Å². The molecule has 130 valence electrons. The molecule has 0 bridgehead atoms. The summed E-state index contributed by atoms with van der Waals surface area (Å²) in [6.07, 6.45) is 3.54. The average Bonchev–Trinajstić information content (AvgIpc) is 2.51. The van der Waals surface area contributed by atoms with E-state index in [1.54, 1.807) is 6.92 Å². The van der Waals surface area contributed by atoms with Gasteiger partial charge < -0.3 is 15.2 Å².